The molecule has 7 nitrogen and oxygen atoms in total. The van der Waals surface area contributed by atoms with Crippen molar-refractivity contribution in [2.45, 2.75) is 25.7 Å². The van der Waals surface area contributed by atoms with Gasteiger partial charge in [0.25, 0.3) is 0 Å². The van der Waals surface area contributed by atoms with E-state index < -0.39 is 58.4 Å². The van der Waals surface area contributed by atoms with Crippen LogP contribution in [0.1, 0.15) is 31.2 Å². The largest absolute Gasteiger partial charge is 0.505 e. The SMILES string of the molecule is C[C@@]12C(=O)N(c3ccccc3)C(=O)[C@@H]1C[C@@H]1C(=CC[C@@H]3C(=O)N(c4ccccc4)C(=O)[C@@H]31)[C@@H]2c1cccc(F)c1O. The fourth-order valence-corrected chi connectivity index (χ4v) is 7.78. The molecule has 1 N–H and O–H groups in total. The van der Waals surface area contributed by atoms with Gasteiger partial charge in [-0.3, -0.25) is 24.1 Å². The van der Waals surface area contributed by atoms with Gasteiger partial charge in [-0.2, -0.15) is 0 Å². The smallest absolute Gasteiger partial charge is 0.241 e. The summed E-state index contributed by atoms with van der Waals surface area (Å²) < 4.78 is 14.8. The van der Waals surface area contributed by atoms with Crippen LogP contribution in [0.15, 0.2) is 90.5 Å². The molecule has 0 spiro atoms. The number of para-hydroxylation sites is 3. The molecule has 7 rings (SSSR count). The molecule has 1 saturated carbocycles. The topological polar surface area (TPSA) is 95.0 Å². The lowest BCUT2D eigenvalue weighted by Crippen LogP contribution is -2.49. The van der Waals surface area contributed by atoms with Crippen LogP contribution in [0.2, 0.25) is 0 Å². The zero-order valence-corrected chi connectivity index (χ0v) is 22.2. The van der Waals surface area contributed by atoms with Crippen LogP contribution in [-0.2, 0) is 19.2 Å². The molecule has 3 aromatic rings. The van der Waals surface area contributed by atoms with Crippen LogP contribution in [0.5, 0.6) is 5.75 Å². The van der Waals surface area contributed by atoms with Crippen LogP contribution in [0.4, 0.5) is 15.8 Å². The second kappa shape index (κ2) is 8.96. The van der Waals surface area contributed by atoms with E-state index in [4.69, 9.17) is 0 Å². The van der Waals surface area contributed by atoms with Crippen molar-refractivity contribution in [2.24, 2.45) is 29.1 Å². The van der Waals surface area contributed by atoms with E-state index in [1.807, 2.05) is 6.08 Å². The van der Waals surface area contributed by atoms with Crippen LogP contribution in [-0.4, -0.2) is 28.7 Å². The Kier molecular flexibility index (Phi) is 5.55. The fraction of sp³-hybridized carbons (Fsp3) is 0.273. The highest BCUT2D eigenvalue weighted by Crippen LogP contribution is 2.64. The van der Waals surface area contributed by atoms with Gasteiger partial charge in [-0.05, 0) is 56.0 Å². The Labute approximate surface area is 235 Å². The minimum atomic E-state index is -1.35. The maximum absolute atomic E-state index is 14.8. The number of anilines is 2. The summed E-state index contributed by atoms with van der Waals surface area (Å²) in [7, 11) is 0. The molecule has 3 aromatic carbocycles. The van der Waals surface area contributed by atoms with Crippen molar-refractivity contribution in [1.29, 1.82) is 0 Å². The van der Waals surface area contributed by atoms with Crippen molar-refractivity contribution in [3.8, 4) is 5.75 Å². The van der Waals surface area contributed by atoms with Gasteiger partial charge in [-0.1, -0.05) is 60.2 Å². The maximum atomic E-state index is 14.8. The summed E-state index contributed by atoms with van der Waals surface area (Å²) in [6.45, 7) is 1.71. The van der Waals surface area contributed by atoms with Gasteiger partial charge in [0.1, 0.15) is 0 Å². The van der Waals surface area contributed by atoms with Gasteiger partial charge in [-0.15, -0.1) is 0 Å². The van der Waals surface area contributed by atoms with Crippen molar-refractivity contribution in [1.82, 2.24) is 0 Å². The zero-order valence-electron chi connectivity index (χ0n) is 22.2. The lowest BCUT2D eigenvalue weighted by atomic mass is 9.51. The van der Waals surface area contributed by atoms with Crippen LogP contribution >= 0.6 is 0 Å². The number of carbonyl (C=O) groups is 4. The number of phenols is 1. The summed E-state index contributed by atoms with van der Waals surface area (Å²) in [6, 6.07) is 21.6. The Morgan fingerprint density at radius 2 is 1.41 bits per heavy atom. The molecular formula is C33H27FN2O5. The Hall–Kier alpha value is -4.59. The Balaban J connectivity index is 1.39. The van der Waals surface area contributed by atoms with E-state index in [9.17, 15) is 28.7 Å². The molecule has 4 amide bonds. The number of halogens is 1. The van der Waals surface area contributed by atoms with Crippen molar-refractivity contribution >= 4 is 35.0 Å². The lowest BCUT2D eigenvalue weighted by Gasteiger charge is -2.49. The van der Waals surface area contributed by atoms with Crippen molar-refractivity contribution in [2.75, 3.05) is 9.80 Å². The third-order valence-electron chi connectivity index (χ3n) is 9.63. The first-order valence-electron chi connectivity index (χ1n) is 13.8. The molecule has 2 aliphatic carbocycles. The molecule has 6 atom stereocenters. The molecule has 41 heavy (non-hydrogen) atoms. The molecule has 2 heterocycles. The second-order valence-corrected chi connectivity index (χ2v) is 11.5. The van der Waals surface area contributed by atoms with Gasteiger partial charge >= 0.3 is 0 Å². The second-order valence-electron chi connectivity index (χ2n) is 11.5. The van der Waals surface area contributed by atoms with E-state index in [1.165, 1.54) is 15.9 Å². The first-order valence-corrected chi connectivity index (χ1v) is 13.8. The van der Waals surface area contributed by atoms with Crippen LogP contribution in [0.3, 0.4) is 0 Å². The highest BCUT2D eigenvalue weighted by Gasteiger charge is 2.68. The number of fused-ring (bicyclic) bond motifs is 4. The minimum absolute atomic E-state index is 0.186. The third kappa shape index (κ3) is 3.36. The number of hydrogen-bond acceptors (Lipinski definition) is 5. The van der Waals surface area contributed by atoms with Gasteiger partial charge in [0.2, 0.25) is 23.6 Å². The zero-order chi connectivity index (χ0) is 28.6. The number of aromatic hydroxyl groups is 1. The predicted molar refractivity (Wildman–Crippen MR) is 148 cm³/mol. The summed E-state index contributed by atoms with van der Waals surface area (Å²) in [6.07, 6.45) is 2.33. The predicted octanol–water partition coefficient (Wildman–Crippen LogP) is 4.97. The number of nitrogens with zero attached hydrogens (tertiary/aromatic N) is 2. The third-order valence-corrected chi connectivity index (χ3v) is 9.63. The molecule has 3 fully saturated rings. The fourth-order valence-electron chi connectivity index (χ4n) is 7.78. The van der Waals surface area contributed by atoms with Crippen molar-refractivity contribution in [3.05, 3.63) is 102 Å². The number of hydrogen-bond donors (Lipinski definition) is 1. The van der Waals surface area contributed by atoms with Crippen LogP contribution < -0.4 is 9.80 Å². The van der Waals surface area contributed by atoms with Gasteiger partial charge in [0.15, 0.2) is 11.6 Å². The molecule has 0 unspecified atom stereocenters. The molecular weight excluding hydrogens is 523 g/mol. The molecule has 0 aromatic heterocycles. The van der Waals surface area contributed by atoms with E-state index in [1.54, 1.807) is 73.7 Å². The molecule has 0 bridgehead atoms. The van der Waals surface area contributed by atoms with E-state index in [0.717, 1.165) is 6.07 Å². The van der Waals surface area contributed by atoms with Gasteiger partial charge in [0.05, 0.1) is 34.5 Å². The quantitative estimate of drug-likeness (QED) is 0.367. The summed E-state index contributed by atoms with van der Waals surface area (Å²) in [5.74, 6) is -6.51. The van der Waals surface area contributed by atoms with E-state index in [2.05, 4.69) is 0 Å². The summed E-state index contributed by atoms with van der Waals surface area (Å²) in [5, 5.41) is 10.9. The molecule has 2 aliphatic heterocycles. The molecule has 4 aliphatic rings. The highest BCUT2D eigenvalue weighted by atomic mass is 19.1. The van der Waals surface area contributed by atoms with Crippen LogP contribution in [0.25, 0.3) is 0 Å². The first kappa shape index (κ1) is 25.4. The van der Waals surface area contributed by atoms with E-state index >= 15 is 0 Å². The molecule has 2 saturated heterocycles. The van der Waals surface area contributed by atoms with E-state index in [-0.39, 0.29) is 30.2 Å². The minimum Gasteiger partial charge on any atom is -0.505 e. The Bertz CT molecular complexity index is 1650. The average Bonchev–Trinajstić information content (AvgIpc) is 3.35. The Morgan fingerprint density at radius 3 is 2.07 bits per heavy atom. The normalized spacial score (nSPS) is 30.7. The summed E-state index contributed by atoms with van der Waals surface area (Å²) in [5.41, 5.74) is 0.453. The number of allylic oxidation sites excluding steroid dienone is 2. The molecule has 0 radical (unpaired) electrons. The number of amides is 4. The monoisotopic (exact) mass is 550 g/mol. The van der Waals surface area contributed by atoms with Crippen molar-refractivity contribution < 1.29 is 28.7 Å². The Morgan fingerprint density at radius 1 is 0.780 bits per heavy atom. The summed E-state index contributed by atoms with van der Waals surface area (Å²) >= 11 is 0. The molecule has 206 valence electrons. The van der Waals surface area contributed by atoms with Gasteiger partial charge in [0, 0.05) is 11.5 Å². The van der Waals surface area contributed by atoms with Crippen molar-refractivity contribution in [3.63, 3.8) is 0 Å². The maximum Gasteiger partial charge on any atom is 0.241 e. The van der Waals surface area contributed by atoms with E-state index in [0.29, 0.717) is 16.9 Å². The number of carbonyl (C=O) groups excluding carboxylic acids is 4. The number of imide groups is 2. The summed E-state index contributed by atoms with van der Waals surface area (Å²) in [4.78, 5) is 58.3. The highest BCUT2D eigenvalue weighted by molar-refractivity contribution is 6.25. The van der Waals surface area contributed by atoms with Gasteiger partial charge < -0.3 is 5.11 Å². The number of benzene rings is 3. The molecule has 8 heteroatoms. The lowest BCUT2D eigenvalue weighted by molar-refractivity contribution is -0.131. The standard InChI is InChI=1S/C33H27FN2O5/c1-33-24(30(39)36(32(33)41)19-11-6-3-7-12-19)17-23-20(27(33)22-13-8-14-25(34)28(22)37)15-16-21-26(23)31(40)35(29(21)38)18-9-4-2-5-10-18/h2-15,21,23-24,26-27,37H,16-17H2,1H3/t21-,23+,24-,26-,27+,33+/m0/s1. The number of rotatable bonds is 3. The first-order chi connectivity index (χ1) is 19.7. The average molecular weight is 551 g/mol. The number of phenolic OH excluding ortho intramolecular Hbond substituents is 1. The van der Waals surface area contributed by atoms with Gasteiger partial charge in [-0.25, -0.2) is 9.29 Å². The van der Waals surface area contributed by atoms with Crippen LogP contribution in [0, 0.1) is 34.9 Å².